The quantitative estimate of drug-likeness (QED) is 0.783. The van der Waals surface area contributed by atoms with Gasteiger partial charge >= 0.3 is 0 Å². The Bertz CT molecular complexity index is 335. The Hall–Kier alpha value is -1.06. The van der Waals surface area contributed by atoms with E-state index in [9.17, 15) is 5.11 Å². The van der Waals surface area contributed by atoms with E-state index in [1.54, 1.807) is 0 Å². The lowest BCUT2D eigenvalue weighted by molar-refractivity contribution is 0.162. The molecule has 3 nitrogen and oxygen atoms in total. The normalized spacial score (nSPS) is 14.6. The van der Waals surface area contributed by atoms with Gasteiger partial charge in [-0.15, -0.1) is 0 Å². The van der Waals surface area contributed by atoms with Gasteiger partial charge in [-0.25, -0.2) is 0 Å². The molecule has 0 spiro atoms. The topological polar surface area (TPSA) is 55.5 Å². The highest BCUT2D eigenvalue weighted by atomic mass is 16.5. The van der Waals surface area contributed by atoms with Crippen LogP contribution in [0.1, 0.15) is 45.1 Å². The maximum Gasteiger partial charge on any atom is 0.119 e. The van der Waals surface area contributed by atoms with Gasteiger partial charge in [0.05, 0.1) is 12.2 Å². The predicted octanol–water partition coefficient (Wildman–Crippen LogP) is 2.68. The average Bonchev–Trinajstić information content (AvgIpc) is 2.36. The molecule has 1 aromatic carbocycles. The minimum atomic E-state index is -0.415. The zero-order chi connectivity index (χ0) is 13.5. The van der Waals surface area contributed by atoms with Crippen LogP contribution in [0.3, 0.4) is 0 Å². The van der Waals surface area contributed by atoms with Crippen LogP contribution < -0.4 is 10.5 Å². The minimum absolute atomic E-state index is 0.192. The maximum atomic E-state index is 9.64. The molecule has 18 heavy (non-hydrogen) atoms. The molecule has 3 N–H and O–H groups in total. The lowest BCUT2D eigenvalue weighted by atomic mass is 9.91. The second-order valence-corrected chi connectivity index (χ2v) is 4.97. The van der Waals surface area contributed by atoms with Crippen molar-refractivity contribution in [1.82, 2.24) is 0 Å². The Balaban J connectivity index is 2.69. The van der Waals surface area contributed by atoms with Gasteiger partial charge < -0.3 is 15.6 Å². The third kappa shape index (κ3) is 4.67. The Morgan fingerprint density at radius 2 is 1.83 bits per heavy atom. The molecule has 0 aliphatic rings. The molecule has 0 aromatic heterocycles. The van der Waals surface area contributed by atoms with Crippen LogP contribution in [-0.2, 0) is 0 Å². The second kappa shape index (κ2) is 7.39. The molecule has 2 unspecified atom stereocenters. The number of hydrogen-bond acceptors (Lipinski definition) is 3. The highest BCUT2D eigenvalue weighted by Gasteiger charge is 2.14. The summed E-state index contributed by atoms with van der Waals surface area (Å²) >= 11 is 0. The maximum absolute atomic E-state index is 9.64. The molecule has 0 saturated heterocycles. The molecule has 102 valence electrons. The first-order valence-corrected chi connectivity index (χ1v) is 6.71. The van der Waals surface area contributed by atoms with Crippen molar-refractivity contribution >= 4 is 0 Å². The SMILES string of the molecule is CCC(CC(O)CN)c1ccc(OC(C)C)cc1. The van der Waals surface area contributed by atoms with Crippen molar-refractivity contribution in [3.63, 3.8) is 0 Å². The van der Waals surface area contributed by atoms with Crippen molar-refractivity contribution in [2.45, 2.75) is 51.7 Å². The van der Waals surface area contributed by atoms with Gasteiger partial charge in [-0.2, -0.15) is 0 Å². The van der Waals surface area contributed by atoms with Crippen LogP contribution in [0, 0.1) is 0 Å². The van der Waals surface area contributed by atoms with Crippen molar-refractivity contribution in [3.8, 4) is 5.75 Å². The molecule has 3 heteroatoms. The van der Waals surface area contributed by atoms with Gasteiger partial charge in [0.1, 0.15) is 5.75 Å². The lowest BCUT2D eigenvalue weighted by Crippen LogP contribution is -2.22. The lowest BCUT2D eigenvalue weighted by Gasteiger charge is -2.19. The standard InChI is InChI=1S/C15H25NO2/c1-4-12(9-14(17)10-16)13-5-7-15(8-6-13)18-11(2)3/h5-8,11-12,14,17H,4,9-10,16H2,1-3H3. The summed E-state index contributed by atoms with van der Waals surface area (Å²) in [5, 5.41) is 9.64. The molecule has 0 aliphatic carbocycles. The smallest absolute Gasteiger partial charge is 0.119 e. The van der Waals surface area contributed by atoms with E-state index in [4.69, 9.17) is 10.5 Å². The van der Waals surface area contributed by atoms with Crippen LogP contribution >= 0.6 is 0 Å². The van der Waals surface area contributed by atoms with Crippen LogP contribution in [0.5, 0.6) is 5.75 Å². The molecule has 0 bridgehead atoms. The fraction of sp³-hybridized carbons (Fsp3) is 0.600. The molecule has 0 saturated carbocycles. The number of hydrogen-bond donors (Lipinski definition) is 2. The molecule has 2 atom stereocenters. The van der Waals surface area contributed by atoms with Gasteiger partial charge in [-0.3, -0.25) is 0 Å². The van der Waals surface area contributed by atoms with Crippen molar-refractivity contribution < 1.29 is 9.84 Å². The molecule has 0 heterocycles. The highest BCUT2D eigenvalue weighted by molar-refractivity contribution is 5.29. The Labute approximate surface area is 110 Å². The average molecular weight is 251 g/mol. The summed E-state index contributed by atoms with van der Waals surface area (Å²) in [5.41, 5.74) is 6.70. The molecular formula is C15H25NO2. The van der Waals surface area contributed by atoms with E-state index in [-0.39, 0.29) is 6.10 Å². The summed E-state index contributed by atoms with van der Waals surface area (Å²) in [7, 11) is 0. The van der Waals surface area contributed by atoms with Crippen molar-refractivity contribution in [2.24, 2.45) is 5.73 Å². The first kappa shape index (κ1) is 15.0. The summed E-state index contributed by atoms with van der Waals surface area (Å²) in [6, 6.07) is 8.14. The van der Waals surface area contributed by atoms with Gasteiger partial charge in [0.25, 0.3) is 0 Å². The first-order valence-electron chi connectivity index (χ1n) is 6.71. The van der Waals surface area contributed by atoms with Crippen molar-refractivity contribution in [1.29, 1.82) is 0 Å². The van der Waals surface area contributed by atoms with Crippen LogP contribution in [-0.4, -0.2) is 23.9 Å². The van der Waals surface area contributed by atoms with Crippen LogP contribution in [0.4, 0.5) is 0 Å². The highest BCUT2D eigenvalue weighted by Crippen LogP contribution is 2.26. The molecule has 1 rings (SSSR count). The van der Waals surface area contributed by atoms with Gasteiger partial charge in [-0.1, -0.05) is 19.1 Å². The molecule has 0 amide bonds. The summed E-state index contributed by atoms with van der Waals surface area (Å²) in [6.07, 6.45) is 1.50. The Morgan fingerprint density at radius 3 is 2.28 bits per heavy atom. The van der Waals surface area contributed by atoms with E-state index in [0.717, 1.165) is 18.6 Å². The molecule has 0 aliphatic heterocycles. The summed E-state index contributed by atoms with van der Waals surface area (Å²) in [4.78, 5) is 0. The predicted molar refractivity (Wildman–Crippen MR) is 74.9 cm³/mol. The van der Waals surface area contributed by atoms with Crippen LogP contribution in [0.2, 0.25) is 0 Å². The summed E-state index contributed by atoms with van der Waals surface area (Å²) < 4.78 is 5.62. The zero-order valence-corrected chi connectivity index (χ0v) is 11.6. The van der Waals surface area contributed by atoms with Gasteiger partial charge in [0, 0.05) is 6.54 Å². The number of ether oxygens (including phenoxy) is 1. The van der Waals surface area contributed by atoms with Gasteiger partial charge in [0.2, 0.25) is 0 Å². The molecule has 0 fully saturated rings. The van der Waals surface area contributed by atoms with E-state index in [2.05, 4.69) is 19.1 Å². The fourth-order valence-corrected chi connectivity index (χ4v) is 2.05. The van der Waals surface area contributed by atoms with E-state index in [1.165, 1.54) is 5.56 Å². The monoisotopic (exact) mass is 251 g/mol. The summed E-state index contributed by atoms with van der Waals surface area (Å²) in [5.74, 6) is 1.25. The minimum Gasteiger partial charge on any atom is -0.491 e. The summed E-state index contributed by atoms with van der Waals surface area (Å²) in [6.45, 7) is 6.48. The number of rotatable bonds is 7. The second-order valence-electron chi connectivity index (χ2n) is 4.97. The number of aliphatic hydroxyl groups is 1. The third-order valence-electron chi connectivity index (χ3n) is 3.04. The Kier molecular flexibility index (Phi) is 6.16. The number of nitrogens with two attached hydrogens (primary N) is 1. The third-order valence-corrected chi connectivity index (χ3v) is 3.04. The van der Waals surface area contributed by atoms with E-state index in [1.807, 2.05) is 26.0 Å². The number of aliphatic hydroxyl groups excluding tert-OH is 1. The van der Waals surface area contributed by atoms with Gasteiger partial charge in [0.15, 0.2) is 0 Å². The van der Waals surface area contributed by atoms with Crippen LogP contribution in [0.15, 0.2) is 24.3 Å². The van der Waals surface area contributed by atoms with E-state index >= 15 is 0 Å². The largest absolute Gasteiger partial charge is 0.491 e. The fourth-order valence-electron chi connectivity index (χ4n) is 2.05. The number of benzene rings is 1. The van der Waals surface area contributed by atoms with Crippen LogP contribution in [0.25, 0.3) is 0 Å². The molecule has 0 radical (unpaired) electrons. The van der Waals surface area contributed by atoms with E-state index in [0.29, 0.717) is 12.5 Å². The van der Waals surface area contributed by atoms with Crippen molar-refractivity contribution in [2.75, 3.05) is 6.54 Å². The first-order chi connectivity index (χ1) is 8.56. The van der Waals surface area contributed by atoms with Crippen molar-refractivity contribution in [3.05, 3.63) is 29.8 Å². The molecule has 1 aromatic rings. The molecular weight excluding hydrogens is 226 g/mol. The Morgan fingerprint density at radius 1 is 1.22 bits per heavy atom. The van der Waals surface area contributed by atoms with Gasteiger partial charge in [-0.05, 0) is 50.3 Å². The zero-order valence-electron chi connectivity index (χ0n) is 11.6. The van der Waals surface area contributed by atoms with E-state index < -0.39 is 6.10 Å².